The Bertz CT molecular complexity index is 760. The van der Waals surface area contributed by atoms with Crippen molar-refractivity contribution in [1.82, 2.24) is 14.9 Å². The minimum Gasteiger partial charge on any atom is -0.365 e. The van der Waals surface area contributed by atoms with Crippen LogP contribution < -0.4 is 5.32 Å². The number of aromatic nitrogens is 2. The van der Waals surface area contributed by atoms with Crippen molar-refractivity contribution < 1.29 is 9.18 Å². The molecular formula is C19H21FN4O. The monoisotopic (exact) mass is 340 g/mol. The molecule has 1 saturated carbocycles. The summed E-state index contributed by atoms with van der Waals surface area (Å²) in [5, 5.41) is 3.37. The molecule has 130 valence electrons. The highest BCUT2D eigenvalue weighted by atomic mass is 19.1. The molecule has 1 N–H and O–H groups in total. The van der Waals surface area contributed by atoms with E-state index >= 15 is 0 Å². The fraction of sp³-hybridized carbons (Fsp3) is 0.421. The molecule has 0 bridgehead atoms. The number of nitrogens with one attached hydrogen (secondary N) is 1. The maximum Gasteiger partial charge on any atom is 0.224 e. The zero-order valence-electron chi connectivity index (χ0n) is 14.0. The van der Waals surface area contributed by atoms with E-state index < -0.39 is 0 Å². The molecule has 1 amide bonds. The Labute approximate surface area is 146 Å². The summed E-state index contributed by atoms with van der Waals surface area (Å²) in [5.41, 5.74) is 2.13. The van der Waals surface area contributed by atoms with Gasteiger partial charge in [0.25, 0.3) is 0 Å². The van der Waals surface area contributed by atoms with E-state index in [1.54, 1.807) is 18.5 Å². The van der Waals surface area contributed by atoms with E-state index in [2.05, 4.69) is 15.3 Å². The first-order valence-electron chi connectivity index (χ1n) is 8.78. The van der Waals surface area contributed by atoms with Gasteiger partial charge in [0.2, 0.25) is 5.91 Å². The van der Waals surface area contributed by atoms with Gasteiger partial charge >= 0.3 is 0 Å². The number of hydrogen-bond acceptors (Lipinski definition) is 4. The number of halogens is 1. The van der Waals surface area contributed by atoms with Crippen LogP contribution in [0.1, 0.15) is 36.4 Å². The Morgan fingerprint density at radius 1 is 1.20 bits per heavy atom. The molecule has 4 rings (SSSR count). The molecule has 2 fully saturated rings. The van der Waals surface area contributed by atoms with Crippen molar-refractivity contribution in [2.24, 2.45) is 0 Å². The Kier molecular flexibility index (Phi) is 4.34. The van der Waals surface area contributed by atoms with Crippen LogP contribution in [0.25, 0.3) is 0 Å². The summed E-state index contributed by atoms with van der Waals surface area (Å²) in [5.74, 6) is 1.30. The number of hydrogen-bond donors (Lipinski definition) is 1. The van der Waals surface area contributed by atoms with Crippen LogP contribution in [0, 0.1) is 5.82 Å². The second-order valence-corrected chi connectivity index (χ2v) is 6.86. The second-order valence-electron chi connectivity index (χ2n) is 6.86. The smallest absolute Gasteiger partial charge is 0.224 e. The van der Waals surface area contributed by atoms with Gasteiger partial charge in [0.15, 0.2) is 0 Å². The van der Waals surface area contributed by atoms with E-state index in [1.165, 1.54) is 25.0 Å². The lowest BCUT2D eigenvalue weighted by molar-refractivity contribution is -0.127. The molecule has 2 heterocycles. The second kappa shape index (κ2) is 6.78. The highest BCUT2D eigenvalue weighted by Crippen LogP contribution is 2.39. The van der Waals surface area contributed by atoms with Gasteiger partial charge in [0.1, 0.15) is 18.0 Å². The van der Waals surface area contributed by atoms with Gasteiger partial charge in [0, 0.05) is 37.2 Å². The highest BCUT2D eigenvalue weighted by molar-refractivity contribution is 5.80. The third-order valence-electron chi connectivity index (χ3n) is 4.83. The van der Waals surface area contributed by atoms with Crippen molar-refractivity contribution in [3.05, 3.63) is 53.7 Å². The number of benzene rings is 1. The van der Waals surface area contributed by atoms with Gasteiger partial charge in [-0.1, -0.05) is 12.1 Å². The molecule has 25 heavy (non-hydrogen) atoms. The standard InChI is InChI=1S/C19H21FN4O/c20-15-5-1-13(2-6-15)7-8-24-11-16(9-19(24)25)23-18-10-17(14-3-4-14)21-12-22-18/h1-2,5-6,10,12,14,16H,3-4,7-9,11H2,(H,21,22,23)/t16-/m0/s1. The molecule has 1 aromatic carbocycles. The quantitative estimate of drug-likeness (QED) is 0.878. The normalized spacial score (nSPS) is 20.1. The summed E-state index contributed by atoms with van der Waals surface area (Å²) >= 11 is 0. The number of rotatable bonds is 6. The van der Waals surface area contributed by atoms with Crippen LogP contribution in [0.5, 0.6) is 0 Å². The maximum absolute atomic E-state index is 12.9. The number of amides is 1. The molecule has 1 atom stereocenters. The topological polar surface area (TPSA) is 58.1 Å². The molecule has 1 aliphatic carbocycles. The molecule has 0 unspecified atom stereocenters. The Balaban J connectivity index is 1.32. The van der Waals surface area contributed by atoms with Crippen LogP contribution in [0.2, 0.25) is 0 Å². The highest BCUT2D eigenvalue weighted by Gasteiger charge is 2.30. The van der Waals surface area contributed by atoms with Crippen LogP contribution in [-0.2, 0) is 11.2 Å². The first-order chi connectivity index (χ1) is 12.2. The zero-order valence-corrected chi connectivity index (χ0v) is 14.0. The fourth-order valence-corrected chi connectivity index (χ4v) is 3.26. The Morgan fingerprint density at radius 2 is 2.00 bits per heavy atom. The molecule has 1 aromatic heterocycles. The number of carbonyl (C=O) groups is 1. The van der Waals surface area contributed by atoms with E-state index in [-0.39, 0.29) is 17.8 Å². The molecule has 2 aliphatic rings. The molecule has 5 nitrogen and oxygen atoms in total. The van der Waals surface area contributed by atoms with Crippen molar-refractivity contribution in [3.8, 4) is 0 Å². The zero-order chi connectivity index (χ0) is 17.2. The lowest BCUT2D eigenvalue weighted by Gasteiger charge is -2.17. The first-order valence-corrected chi connectivity index (χ1v) is 8.78. The lowest BCUT2D eigenvalue weighted by atomic mass is 10.1. The van der Waals surface area contributed by atoms with Crippen LogP contribution in [0.4, 0.5) is 10.2 Å². The van der Waals surface area contributed by atoms with Crippen molar-refractivity contribution in [2.45, 2.75) is 37.6 Å². The average molecular weight is 340 g/mol. The number of anilines is 1. The molecular weight excluding hydrogens is 319 g/mol. The van der Waals surface area contributed by atoms with Crippen molar-refractivity contribution in [3.63, 3.8) is 0 Å². The summed E-state index contributed by atoms with van der Waals surface area (Å²) < 4.78 is 12.9. The Hall–Kier alpha value is -2.50. The van der Waals surface area contributed by atoms with Gasteiger partial charge in [-0.15, -0.1) is 0 Å². The molecule has 2 aromatic rings. The molecule has 0 spiro atoms. The van der Waals surface area contributed by atoms with Crippen molar-refractivity contribution >= 4 is 11.7 Å². The minimum atomic E-state index is -0.235. The van der Waals surface area contributed by atoms with E-state index in [1.807, 2.05) is 11.0 Å². The number of carbonyl (C=O) groups excluding carboxylic acids is 1. The van der Waals surface area contributed by atoms with Gasteiger partial charge in [-0.25, -0.2) is 14.4 Å². The first kappa shape index (κ1) is 16.0. The lowest BCUT2D eigenvalue weighted by Crippen LogP contribution is -2.30. The molecule has 1 saturated heterocycles. The van der Waals surface area contributed by atoms with Gasteiger partial charge in [-0.3, -0.25) is 4.79 Å². The summed E-state index contributed by atoms with van der Waals surface area (Å²) in [4.78, 5) is 22.7. The van der Waals surface area contributed by atoms with Crippen LogP contribution >= 0.6 is 0 Å². The van der Waals surface area contributed by atoms with Crippen LogP contribution in [0.15, 0.2) is 36.7 Å². The van der Waals surface area contributed by atoms with E-state index in [0.717, 1.165) is 23.5 Å². The number of nitrogens with zero attached hydrogens (tertiary/aromatic N) is 3. The predicted molar refractivity (Wildman–Crippen MR) is 92.7 cm³/mol. The molecule has 1 aliphatic heterocycles. The van der Waals surface area contributed by atoms with Gasteiger partial charge < -0.3 is 10.2 Å². The summed E-state index contributed by atoms with van der Waals surface area (Å²) in [7, 11) is 0. The van der Waals surface area contributed by atoms with Gasteiger partial charge in [-0.2, -0.15) is 0 Å². The SMILES string of the molecule is O=C1C[C@H](Nc2cc(C3CC3)ncn2)CN1CCc1ccc(F)cc1. The predicted octanol–water partition coefficient (Wildman–Crippen LogP) is 2.75. The Morgan fingerprint density at radius 3 is 2.76 bits per heavy atom. The van der Waals surface area contributed by atoms with Crippen molar-refractivity contribution in [1.29, 1.82) is 0 Å². The largest absolute Gasteiger partial charge is 0.365 e. The fourth-order valence-electron chi connectivity index (χ4n) is 3.26. The van der Waals surface area contributed by atoms with E-state index in [9.17, 15) is 9.18 Å². The number of likely N-dealkylation sites (tertiary alicyclic amines) is 1. The van der Waals surface area contributed by atoms with Gasteiger partial charge in [0.05, 0.1) is 6.04 Å². The van der Waals surface area contributed by atoms with Crippen LogP contribution in [-0.4, -0.2) is 39.9 Å². The van der Waals surface area contributed by atoms with E-state index in [4.69, 9.17) is 0 Å². The van der Waals surface area contributed by atoms with Crippen molar-refractivity contribution in [2.75, 3.05) is 18.4 Å². The third-order valence-corrected chi connectivity index (χ3v) is 4.83. The van der Waals surface area contributed by atoms with Crippen LogP contribution in [0.3, 0.4) is 0 Å². The third kappa shape index (κ3) is 3.95. The minimum absolute atomic E-state index is 0.0719. The summed E-state index contributed by atoms with van der Waals surface area (Å²) in [6.07, 6.45) is 5.22. The summed E-state index contributed by atoms with van der Waals surface area (Å²) in [6, 6.07) is 8.53. The van der Waals surface area contributed by atoms with Gasteiger partial charge in [-0.05, 0) is 37.0 Å². The van der Waals surface area contributed by atoms with E-state index in [0.29, 0.717) is 25.4 Å². The molecule has 6 heteroatoms. The summed E-state index contributed by atoms with van der Waals surface area (Å²) in [6.45, 7) is 1.32. The molecule has 0 radical (unpaired) electrons. The maximum atomic E-state index is 12.9. The average Bonchev–Trinajstić information content (AvgIpc) is 3.40.